The molecule has 1 atom stereocenters. The van der Waals surface area contributed by atoms with E-state index in [0.29, 0.717) is 32.6 Å². The van der Waals surface area contributed by atoms with Gasteiger partial charge in [-0.25, -0.2) is 8.78 Å². The van der Waals surface area contributed by atoms with E-state index in [9.17, 15) is 14.0 Å². The van der Waals surface area contributed by atoms with Crippen molar-refractivity contribution in [3.8, 4) is 0 Å². The number of hydroxylamine groups is 3. The molecule has 0 saturated carbocycles. The van der Waals surface area contributed by atoms with Crippen LogP contribution in [0.3, 0.4) is 0 Å². The van der Waals surface area contributed by atoms with Crippen LogP contribution in [0.5, 0.6) is 0 Å². The van der Waals surface area contributed by atoms with Gasteiger partial charge in [0.2, 0.25) is 0 Å². The van der Waals surface area contributed by atoms with E-state index in [1.165, 1.54) is 23.9 Å². The van der Waals surface area contributed by atoms with Crippen LogP contribution in [0.4, 0.5) is 8.78 Å². The lowest BCUT2D eigenvalue weighted by Crippen LogP contribution is -2.57. The predicted octanol–water partition coefficient (Wildman–Crippen LogP) is 4.18. The third kappa shape index (κ3) is 5.05. The molecule has 160 valence electrons. The fourth-order valence-electron chi connectivity index (χ4n) is 3.99. The summed E-state index contributed by atoms with van der Waals surface area (Å²) >= 11 is 1.47. The molecule has 9 heteroatoms. The molecular weight excluding hydrogens is 441 g/mol. The standard InChI is InChI=1S/C20H22F2N2O2S.2ClH/c21-16-12-15-18(23-5-7-24(26,8-6-23)9-10-25)11-14-3-1-2-4-19(14)27-20(15)13-17(16)22;;/h1-4,12-13,18,25H,5-11H2;2*1H. The molecule has 1 N–H and O–H groups in total. The summed E-state index contributed by atoms with van der Waals surface area (Å²) in [6.07, 6.45) is 0.695. The van der Waals surface area contributed by atoms with Crippen molar-refractivity contribution in [2.24, 2.45) is 0 Å². The average molecular weight is 465 g/mol. The molecule has 1 fully saturated rings. The number of rotatable bonds is 3. The highest BCUT2D eigenvalue weighted by molar-refractivity contribution is 7.99. The van der Waals surface area contributed by atoms with Gasteiger partial charge < -0.3 is 15.0 Å². The molecule has 1 unspecified atom stereocenters. The Labute approximate surface area is 185 Å². The summed E-state index contributed by atoms with van der Waals surface area (Å²) in [4.78, 5) is 3.98. The number of hydrogen-bond acceptors (Lipinski definition) is 4. The summed E-state index contributed by atoms with van der Waals surface area (Å²) in [5.74, 6) is -1.67. The van der Waals surface area contributed by atoms with E-state index in [1.54, 1.807) is 0 Å². The topological polar surface area (TPSA) is 46.5 Å². The van der Waals surface area contributed by atoms with E-state index >= 15 is 0 Å². The van der Waals surface area contributed by atoms with Gasteiger partial charge >= 0.3 is 0 Å². The third-order valence-corrected chi connectivity index (χ3v) is 6.75. The maximum atomic E-state index is 14.0. The molecule has 0 radical (unpaired) electrons. The number of benzene rings is 2. The minimum Gasteiger partial charge on any atom is -0.633 e. The Hall–Kier alpha value is -0.930. The highest BCUT2D eigenvalue weighted by Crippen LogP contribution is 2.43. The van der Waals surface area contributed by atoms with Gasteiger partial charge in [0.15, 0.2) is 11.6 Å². The first kappa shape index (κ1) is 24.3. The molecule has 4 nitrogen and oxygen atoms in total. The number of quaternary nitrogens is 1. The molecule has 0 amide bonds. The van der Waals surface area contributed by atoms with Crippen LogP contribution in [0.25, 0.3) is 0 Å². The zero-order valence-corrected chi connectivity index (χ0v) is 18.2. The Morgan fingerprint density at radius 2 is 1.72 bits per heavy atom. The van der Waals surface area contributed by atoms with Crippen LogP contribution in [0.15, 0.2) is 46.2 Å². The van der Waals surface area contributed by atoms with Crippen molar-refractivity contribution in [1.82, 2.24) is 4.90 Å². The number of halogens is 4. The SMILES string of the molecule is Cl.Cl.[O-][N+]1(CCO)CCN(C2Cc3ccccc3Sc3cc(F)c(F)cc32)CC1. The Morgan fingerprint density at radius 3 is 2.41 bits per heavy atom. The van der Waals surface area contributed by atoms with Crippen molar-refractivity contribution in [3.63, 3.8) is 0 Å². The van der Waals surface area contributed by atoms with Crippen LogP contribution in [0, 0.1) is 16.8 Å². The average Bonchev–Trinajstić information content (AvgIpc) is 2.80. The van der Waals surface area contributed by atoms with Gasteiger partial charge in [0.05, 0.1) is 19.7 Å². The molecule has 4 rings (SSSR count). The van der Waals surface area contributed by atoms with E-state index in [-0.39, 0.29) is 44.0 Å². The Bertz CT molecular complexity index is 851. The number of hydrogen-bond donors (Lipinski definition) is 1. The number of piperazine rings is 1. The van der Waals surface area contributed by atoms with Crippen LogP contribution >= 0.6 is 36.6 Å². The van der Waals surface area contributed by atoms with Gasteiger partial charge in [-0.05, 0) is 35.7 Å². The van der Waals surface area contributed by atoms with Crippen LogP contribution in [0.2, 0.25) is 0 Å². The van der Waals surface area contributed by atoms with Gasteiger partial charge in [0.25, 0.3) is 0 Å². The zero-order valence-electron chi connectivity index (χ0n) is 15.7. The van der Waals surface area contributed by atoms with Gasteiger partial charge in [-0.15, -0.1) is 24.8 Å². The Morgan fingerprint density at radius 1 is 1.07 bits per heavy atom. The van der Waals surface area contributed by atoms with Crippen molar-refractivity contribution >= 4 is 36.6 Å². The molecule has 0 bridgehead atoms. The lowest BCUT2D eigenvalue weighted by atomic mass is 9.96. The second-order valence-electron chi connectivity index (χ2n) is 7.22. The van der Waals surface area contributed by atoms with Gasteiger partial charge in [0, 0.05) is 28.9 Å². The van der Waals surface area contributed by atoms with E-state index in [0.717, 1.165) is 20.9 Å². The largest absolute Gasteiger partial charge is 0.633 e. The number of aliphatic hydroxyl groups is 1. The summed E-state index contributed by atoms with van der Waals surface area (Å²) in [6, 6.07) is 10.5. The molecule has 0 aromatic heterocycles. The van der Waals surface area contributed by atoms with Crippen LogP contribution in [-0.2, 0) is 6.42 Å². The summed E-state index contributed by atoms with van der Waals surface area (Å²) in [5.41, 5.74) is 1.93. The smallest absolute Gasteiger partial charge is 0.159 e. The molecule has 0 aliphatic carbocycles. The van der Waals surface area contributed by atoms with E-state index in [4.69, 9.17) is 5.11 Å². The predicted molar refractivity (Wildman–Crippen MR) is 115 cm³/mol. The van der Waals surface area contributed by atoms with Crippen LogP contribution in [-0.4, -0.2) is 54.0 Å². The summed E-state index contributed by atoms with van der Waals surface area (Å²) in [7, 11) is 0. The first-order valence-corrected chi connectivity index (χ1v) is 9.97. The second-order valence-corrected chi connectivity index (χ2v) is 8.31. The van der Waals surface area contributed by atoms with Gasteiger partial charge in [-0.2, -0.15) is 0 Å². The normalized spacial score (nSPS) is 20.5. The molecule has 2 aliphatic rings. The fourth-order valence-corrected chi connectivity index (χ4v) is 5.13. The van der Waals surface area contributed by atoms with Crippen LogP contribution < -0.4 is 0 Å². The highest BCUT2D eigenvalue weighted by Gasteiger charge is 2.33. The minimum atomic E-state index is -0.837. The van der Waals surface area contributed by atoms with Crippen molar-refractivity contribution in [2.45, 2.75) is 22.3 Å². The van der Waals surface area contributed by atoms with Gasteiger partial charge in [0.1, 0.15) is 6.54 Å². The van der Waals surface area contributed by atoms with Crippen molar-refractivity contribution in [1.29, 1.82) is 0 Å². The van der Waals surface area contributed by atoms with Crippen LogP contribution in [0.1, 0.15) is 17.2 Å². The summed E-state index contributed by atoms with van der Waals surface area (Å²) < 4.78 is 27.6. The third-order valence-electron chi connectivity index (χ3n) is 5.56. The van der Waals surface area contributed by atoms with Gasteiger partial charge in [-0.3, -0.25) is 4.90 Å². The monoisotopic (exact) mass is 464 g/mol. The molecule has 2 aliphatic heterocycles. The molecule has 2 aromatic rings. The zero-order chi connectivity index (χ0) is 19.0. The summed E-state index contributed by atoms with van der Waals surface area (Å²) in [6.45, 7) is 2.01. The second kappa shape index (κ2) is 9.92. The van der Waals surface area contributed by atoms with E-state index < -0.39 is 16.3 Å². The fraction of sp³-hybridized carbons (Fsp3) is 0.400. The summed E-state index contributed by atoms with van der Waals surface area (Å²) in [5, 5.41) is 21.7. The maximum absolute atomic E-state index is 14.0. The van der Waals surface area contributed by atoms with E-state index in [2.05, 4.69) is 11.0 Å². The van der Waals surface area contributed by atoms with Crippen molar-refractivity contribution in [2.75, 3.05) is 39.3 Å². The number of aliphatic hydroxyl groups excluding tert-OH is 1. The lowest BCUT2D eigenvalue weighted by Gasteiger charge is -2.49. The molecule has 1 saturated heterocycles. The lowest BCUT2D eigenvalue weighted by molar-refractivity contribution is -0.885. The highest BCUT2D eigenvalue weighted by atomic mass is 35.5. The first-order chi connectivity index (χ1) is 13.0. The number of nitrogens with zero attached hydrogens (tertiary/aromatic N) is 2. The molecule has 29 heavy (non-hydrogen) atoms. The molecule has 2 aromatic carbocycles. The quantitative estimate of drug-likeness (QED) is 0.546. The molecular formula is C20H24Cl2F2N2O2S. The minimum absolute atomic E-state index is 0. The Balaban J connectivity index is 0.00000150. The van der Waals surface area contributed by atoms with Crippen molar-refractivity contribution < 1.29 is 18.5 Å². The van der Waals surface area contributed by atoms with Crippen molar-refractivity contribution in [3.05, 3.63) is 64.4 Å². The first-order valence-electron chi connectivity index (χ1n) is 9.16. The number of fused-ring (bicyclic) bond motifs is 2. The van der Waals surface area contributed by atoms with Gasteiger partial charge in [-0.1, -0.05) is 30.0 Å². The molecule has 2 heterocycles. The maximum Gasteiger partial charge on any atom is 0.159 e. The Kier molecular flexibility index (Phi) is 8.32. The molecule has 0 spiro atoms. The van der Waals surface area contributed by atoms with E-state index in [1.807, 2.05) is 18.2 Å².